The smallest absolute Gasteiger partial charge is 0.0791 e. The van der Waals surface area contributed by atoms with Crippen molar-refractivity contribution in [2.75, 3.05) is 13.7 Å². The Bertz CT molecular complexity index is 297. The highest BCUT2D eigenvalue weighted by Crippen LogP contribution is 2.19. The van der Waals surface area contributed by atoms with Gasteiger partial charge in [-0.3, -0.25) is 0 Å². The highest BCUT2D eigenvalue weighted by atomic mass is 16.5. The quantitative estimate of drug-likeness (QED) is 0.718. The van der Waals surface area contributed by atoms with Crippen LogP contribution in [0.25, 0.3) is 0 Å². The number of aliphatic hydroxyl groups excluding tert-OH is 1. The molecule has 0 bridgehead atoms. The van der Waals surface area contributed by atoms with Gasteiger partial charge in [0.05, 0.1) is 6.10 Å². The molecule has 0 fully saturated rings. The molecule has 0 aliphatic carbocycles. The largest absolute Gasteiger partial charge is 0.388 e. The number of methoxy groups -OCH3 is 1. The molecule has 16 heavy (non-hydrogen) atoms. The van der Waals surface area contributed by atoms with E-state index in [2.05, 4.69) is 19.1 Å². The normalized spacial score (nSPS) is 12.7. The Labute approximate surface area is 98.3 Å². The van der Waals surface area contributed by atoms with Crippen molar-refractivity contribution in [1.29, 1.82) is 0 Å². The average Bonchev–Trinajstić information content (AvgIpc) is 2.30. The van der Waals surface area contributed by atoms with E-state index in [9.17, 15) is 5.11 Å². The van der Waals surface area contributed by atoms with E-state index in [1.807, 2.05) is 12.1 Å². The molecule has 1 unspecified atom stereocenters. The third-order valence-electron chi connectivity index (χ3n) is 2.70. The fraction of sp³-hybridized carbons (Fsp3) is 0.571. The topological polar surface area (TPSA) is 29.5 Å². The summed E-state index contributed by atoms with van der Waals surface area (Å²) in [6, 6.07) is 8.26. The van der Waals surface area contributed by atoms with Gasteiger partial charge in [0.25, 0.3) is 0 Å². The van der Waals surface area contributed by atoms with Crippen LogP contribution in [-0.4, -0.2) is 18.8 Å². The minimum atomic E-state index is -0.355. The van der Waals surface area contributed by atoms with Crippen molar-refractivity contribution in [3.05, 3.63) is 35.4 Å². The van der Waals surface area contributed by atoms with Crippen LogP contribution in [-0.2, 0) is 11.2 Å². The molecule has 0 radical (unpaired) electrons. The highest BCUT2D eigenvalue weighted by molar-refractivity contribution is 5.25. The Balaban J connectivity index is 2.53. The van der Waals surface area contributed by atoms with Gasteiger partial charge in [0, 0.05) is 13.7 Å². The van der Waals surface area contributed by atoms with Gasteiger partial charge in [-0.1, -0.05) is 37.6 Å². The molecule has 1 rings (SSSR count). The Morgan fingerprint density at radius 1 is 1.38 bits per heavy atom. The molecule has 1 N–H and O–H groups in total. The molecule has 0 aliphatic rings. The zero-order valence-corrected chi connectivity index (χ0v) is 10.3. The molecule has 1 aromatic carbocycles. The van der Waals surface area contributed by atoms with Gasteiger partial charge in [0.1, 0.15) is 0 Å². The van der Waals surface area contributed by atoms with Gasteiger partial charge in [-0.15, -0.1) is 0 Å². The molecule has 0 aliphatic heterocycles. The Morgan fingerprint density at radius 2 is 2.19 bits per heavy atom. The number of ether oxygens (including phenoxy) is 1. The molecule has 0 saturated heterocycles. The summed E-state index contributed by atoms with van der Waals surface area (Å²) >= 11 is 0. The van der Waals surface area contributed by atoms with Gasteiger partial charge >= 0.3 is 0 Å². The SMILES string of the molecule is CCCc1cccc(C(O)CCCOC)c1. The Hall–Kier alpha value is -0.860. The standard InChI is InChI=1S/C14H22O2/c1-3-6-12-7-4-8-13(11-12)14(15)9-5-10-16-2/h4,7-8,11,14-15H,3,5-6,9-10H2,1-2H3. The summed E-state index contributed by atoms with van der Waals surface area (Å²) in [7, 11) is 1.69. The monoisotopic (exact) mass is 222 g/mol. The second-order valence-corrected chi connectivity index (χ2v) is 4.15. The molecule has 90 valence electrons. The first kappa shape index (κ1) is 13.2. The van der Waals surface area contributed by atoms with Crippen LogP contribution < -0.4 is 0 Å². The third kappa shape index (κ3) is 4.33. The van der Waals surface area contributed by atoms with Crippen molar-refractivity contribution in [2.45, 2.75) is 38.7 Å². The third-order valence-corrected chi connectivity index (χ3v) is 2.70. The van der Waals surface area contributed by atoms with E-state index in [4.69, 9.17) is 4.74 Å². The van der Waals surface area contributed by atoms with Crippen molar-refractivity contribution in [1.82, 2.24) is 0 Å². The number of hydrogen-bond donors (Lipinski definition) is 1. The number of hydrogen-bond acceptors (Lipinski definition) is 2. The van der Waals surface area contributed by atoms with E-state index in [1.54, 1.807) is 7.11 Å². The van der Waals surface area contributed by atoms with Gasteiger partial charge in [-0.25, -0.2) is 0 Å². The first-order valence-corrected chi connectivity index (χ1v) is 6.03. The van der Waals surface area contributed by atoms with E-state index < -0.39 is 0 Å². The second kappa shape index (κ2) is 7.42. The van der Waals surface area contributed by atoms with Gasteiger partial charge < -0.3 is 9.84 Å². The van der Waals surface area contributed by atoms with E-state index >= 15 is 0 Å². The number of benzene rings is 1. The Kier molecular flexibility index (Phi) is 6.12. The van der Waals surface area contributed by atoms with Gasteiger partial charge in [0.2, 0.25) is 0 Å². The summed E-state index contributed by atoms with van der Waals surface area (Å²) in [5.74, 6) is 0. The molecular weight excluding hydrogens is 200 g/mol. The van der Waals surface area contributed by atoms with Crippen LogP contribution >= 0.6 is 0 Å². The number of aliphatic hydroxyl groups is 1. The van der Waals surface area contributed by atoms with Gasteiger partial charge in [-0.05, 0) is 30.4 Å². The van der Waals surface area contributed by atoms with E-state index in [-0.39, 0.29) is 6.10 Å². The molecule has 0 spiro atoms. The molecule has 0 amide bonds. The molecule has 1 atom stereocenters. The molecular formula is C14H22O2. The maximum absolute atomic E-state index is 9.98. The molecule has 2 heteroatoms. The second-order valence-electron chi connectivity index (χ2n) is 4.15. The lowest BCUT2D eigenvalue weighted by atomic mass is 10.0. The van der Waals surface area contributed by atoms with Crippen LogP contribution in [0.4, 0.5) is 0 Å². The molecule has 1 aromatic rings. The first-order valence-electron chi connectivity index (χ1n) is 6.03. The van der Waals surface area contributed by atoms with Crippen molar-refractivity contribution >= 4 is 0 Å². The van der Waals surface area contributed by atoms with Crippen molar-refractivity contribution in [2.24, 2.45) is 0 Å². The minimum Gasteiger partial charge on any atom is -0.388 e. The lowest BCUT2D eigenvalue weighted by Gasteiger charge is -2.11. The summed E-state index contributed by atoms with van der Waals surface area (Å²) in [4.78, 5) is 0. The van der Waals surface area contributed by atoms with E-state index in [1.165, 1.54) is 5.56 Å². The van der Waals surface area contributed by atoms with Crippen LogP contribution in [0.1, 0.15) is 43.4 Å². The van der Waals surface area contributed by atoms with Crippen molar-refractivity contribution in [3.63, 3.8) is 0 Å². The zero-order valence-electron chi connectivity index (χ0n) is 10.3. The lowest BCUT2D eigenvalue weighted by molar-refractivity contribution is 0.136. The number of rotatable bonds is 7. The summed E-state index contributed by atoms with van der Waals surface area (Å²) < 4.78 is 4.98. The predicted octanol–water partition coefficient (Wildman–Crippen LogP) is 3.10. The highest BCUT2D eigenvalue weighted by Gasteiger charge is 2.07. The van der Waals surface area contributed by atoms with Gasteiger partial charge in [-0.2, -0.15) is 0 Å². The van der Waals surface area contributed by atoms with Crippen LogP contribution in [0, 0.1) is 0 Å². The fourth-order valence-corrected chi connectivity index (χ4v) is 1.83. The number of aryl methyl sites for hydroxylation is 1. The fourth-order valence-electron chi connectivity index (χ4n) is 1.83. The van der Waals surface area contributed by atoms with E-state index in [0.29, 0.717) is 6.61 Å². The van der Waals surface area contributed by atoms with Gasteiger partial charge in [0.15, 0.2) is 0 Å². The average molecular weight is 222 g/mol. The summed E-state index contributed by atoms with van der Waals surface area (Å²) in [6.07, 6.45) is 3.54. The van der Waals surface area contributed by atoms with Crippen molar-refractivity contribution in [3.8, 4) is 0 Å². The minimum absolute atomic E-state index is 0.355. The summed E-state index contributed by atoms with van der Waals surface area (Å²) in [5.41, 5.74) is 2.34. The molecule has 0 aromatic heterocycles. The zero-order chi connectivity index (χ0) is 11.8. The van der Waals surface area contributed by atoms with Crippen molar-refractivity contribution < 1.29 is 9.84 Å². The maximum Gasteiger partial charge on any atom is 0.0791 e. The molecule has 0 saturated carbocycles. The first-order chi connectivity index (χ1) is 7.77. The molecule has 2 nitrogen and oxygen atoms in total. The maximum atomic E-state index is 9.98. The van der Waals surface area contributed by atoms with Crippen LogP contribution in [0.2, 0.25) is 0 Å². The lowest BCUT2D eigenvalue weighted by Crippen LogP contribution is -2.00. The van der Waals surface area contributed by atoms with Crippen LogP contribution in [0.15, 0.2) is 24.3 Å². The summed E-state index contributed by atoms with van der Waals surface area (Å²) in [6.45, 7) is 2.88. The molecule has 0 heterocycles. The Morgan fingerprint density at radius 3 is 2.88 bits per heavy atom. The van der Waals surface area contributed by atoms with Crippen LogP contribution in [0.5, 0.6) is 0 Å². The predicted molar refractivity (Wildman–Crippen MR) is 66.5 cm³/mol. The summed E-state index contributed by atoms with van der Waals surface area (Å²) in [5, 5.41) is 9.98. The van der Waals surface area contributed by atoms with E-state index in [0.717, 1.165) is 31.2 Å². The van der Waals surface area contributed by atoms with Crippen LogP contribution in [0.3, 0.4) is 0 Å².